The quantitative estimate of drug-likeness (QED) is 0.440. The molecule has 0 N–H and O–H groups in total. The third-order valence-corrected chi connectivity index (χ3v) is 3.52. The first-order valence-corrected chi connectivity index (χ1v) is 6.92. The molecule has 0 aliphatic carbocycles. The lowest BCUT2D eigenvalue weighted by molar-refractivity contribution is 0.0977. The Kier molecular flexibility index (Phi) is 4.86. The van der Waals surface area contributed by atoms with E-state index in [0.717, 1.165) is 11.2 Å². The molecule has 0 unspecified atom stereocenters. The molecule has 0 saturated carbocycles. The van der Waals surface area contributed by atoms with Gasteiger partial charge in [0, 0.05) is 12.0 Å². The number of rotatable bonds is 7. The second-order valence-corrected chi connectivity index (χ2v) is 4.99. The lowest BCUT2D eigenvalue weighted by Crippen LogP contribution is -2.02. The van der Waals surface area contributed by atoms with Crippen LogP contribution in [-0.4, -0.2) is 18.7 Å². The Morgan fingerprint density at radius 3 is 2.89 bits per heavy atom. The van der Waals surface area contributed by atoms with Crippen molar-refractivity contribution in [1.29, 1.82) is 0 Å². The van der Waals surface area contributed by atoms with Gasteiger partial charge in [0.25, 0.3) is 0 Å². The Hall–Kier alpha value is -1.94. The minimum absolute atomic E-state index is 0.153. The molecule has 0 aliphatic rings. The first-order chi connectivity index (χ1) is 9.29. The van der Waals surface area contributed by atoms with Crippen molar-refractivity contribution in [1.82, 2.24) is 0 Å². The number of carbonyl (C=O) groups excluding carboxylic acids is 2. The van der Waals surface area contributed by atoms with Crippen molar-refractivity contribution in [2.45, 2.75) is 12.8 Å². The van der Waals surface area contributed by atoms with Gasteiger partial charge < -0.3 is 4.74 Å². The molecule has 4 heteroatoms. The molecule has 3 nitrogen and oxygen atoms in total. The Labute approximate surface area is 115 Å². The van der Waals surface area contributed by atoms with Gasteiger partial charge in [-0.1, -0.05) is 18.2 Å². The van der Waals surface area contributed by atoms with Crippen molar-refractivity contribution in [2.24, 2.45) is 0 Å². The first-order valence-electron chi connectivity index (χ1n) is 6.04. The SMILES string of the molecule is O=Cc1cccc(OCCCC(=O)c2cccs2)c1. The van der Waals surface area contributed by atoms with E-state index in [0.29, 0.717) is 30.8 Å². The van der Waals surface area contributed by atoms with E-state index in [-0.39, 0.29) is 5.78 Å². The van der Waals surface area contributed by atoms with E-state index in [1.165, 1.54) is 11.3 Å². The smallest absolute Gasteiger partial charge is 0.172 e. The van der Waals surface area contributed by atoms with Crippen LogP contribution in [0.4, 0.5) is 0 Å². The van der Waals surface area contributed by atoms with Gasteiger partial charge in [-0.25, -0.2) is 0 Å². The molecular formula is C15H14O3S. The maximum Gasteiger partial charge on any atom is 0.172 e. The molecule has 1 aromatic heterocycles. The number of aldehydes is 1. The molecule has 0 radical (unpaired) electrons. The average Bonchev–Trinajstić information content (AvgIpc) is 2.98. The second kappa shape index (κ2) is 6.85. The van der Waals surface area contributed by atoms with E-state index in [1.807, 2.05) is 17.5 Å². The highest BCUT2D eigenvalue weighted by Crippen LogP contribution is 2.14. The van der Waals surface area contributed by atoms with Crippen LogP contribution in [0.15, 0.2) is 41.8 Å². The van der Waals surface area contributed by atoms with E-state index < -0.39 is 0 Å². The Balaban J connectivity index is 1.74. The third-order valence-electron chi connectivity index (χ3n) is 2.61. The summed E-state index contributed by atoms with van der Waals surface area (Å²) in [6.45, 7) is 0.472. The minimum atomic E-state index is 0.153. The molecule has 0 aliphatic heterocycles. The summed E-state index contributed by atoms with van der Waals surface area (Å²) in [6.07, 6.45) is 1.93. The molecule has 1 heterocycles. The van der Waals surface area contributed by atoms with Gasteiger partial charge in [-0.2, -0.15) is 0 Å². The molecule has 2 rings (SSSR count). The monoisotopic (exact) mass is 274 g/mol. The van der Waals surface area contributed by atoms with Gasteiger partial charge in [0.1, 0.15) is 12.0 Å². The summed E-state index contributed by atoms with van der Waals surface area (Å²) < 4.78 is 5.51. The van der Waals surface area contributed by atoms with Gasteiger partial charge in [-0.05, 0) is 30.0 Å². The second-order valence-electron chi connectivity index (χ2n) is 4.04. The largest absolute Gasteiger partial charge is 0.494 e. The van der Waals surface area contributed by atoms with Crippen molar-refractivity contribution in [3.8, 4) is 5.75 Å². The number of thiophene rings is 1. The number of hydrogen-bond donors (Lipinski definition) is 0. The van der Waals surface area contributed by atoms with Crippen LogP contribution >= 0.6 is 11.3 Å². The molecule has 0 bridgehead atoms. The average molecular weight is 274 g/mol. The molecule has 98 valence electrons. The van der Waals surface area contributed by atoms with Crippen LogP contribution in [0.25, 0.3) is 0 Å². The standard InChI is InChI=1S/C15H14O3S/c16-11-12-4-1-5-13(10-12)18-8-2-6-14(17)15-7-3-9-19-15/h1,3-5,7,9-11H,2,6,8H2. The Morgan fingerprint density at radius 1 is 1.26 bits per heavy atom. The Bertz CT molecular complexity index is 546. The maximum absolute atomic E-state index is 11.7. The summed E-state index contributed by atoms with van der Waals surface area (Å²) in [7, 11) is 0. The summed E-state index contributed by atoms with van der Waals surface area (Å²) >= 11 is 1.46. The third kappa shape index (κ3) is 4.03. The van der Waals surface area contributed by atoms with E-state index in [9.17, 15) is 9.59 Å². The lowest BCUT2D eigenvalue weighted by atomic mass is 10.2. The van der Waals surface area contributed by atoms with E-state index in [4.69, 9.17) is 4.74 Å². The summed E-state index contributed by atoms with van der Waals surface area (Å²) in [6, 6.07) is 10.7. The van der Waals surface area contributed by atoms with Gasteiger partial charge in [0.2, 0.25) is 0 Å². The van der Waals surface area contributed by atoms with Gasteiger partial charge >= 0.3 is 0 Å². The first kappa shape index (κ1) is 13.5. The van der Waals surface area contributed by atoms with Crippen molar-refractivity contribution in [3.05, 3.63) is 52.2 Å². The number of Topliss-reactive ketones (excluding diaryl/α,β-unsaturated/α-hetero) is 1. The highest BCUT2D eigenvalue weighted by molar-refractivity contribution is 7.12. The van der Waals surface area contributed by atoms with Crippen LogP contribution in [0.2, 0.25) is 0 Å². The van der Waals surface area contributed by atoms with Crippen LogP contribution < -0.4 is 4.74 Å². The zero-order valence-electron chi connectivity index (χ0n) is 10.4. The van der Waals surface area contributed by atoms with Crippen molar-refractivity contribution in [2.75, 3.05) is 6.61 Å². The molecular weight excluding hydrogens is 260 g/mol. The molecule has 0 spiro atoms. The lowest BCUT2D eigenvalue weighted by Gasteiger charge is -2.05. The predicted molar refractivity (Wildman–Crippen MR) is 75.2 cm³/mol. The normalized spacial score (nSPS) is 10.1. The zero-order chi connectivity index (χ0) is 13.5. The summed E-state index contributed by atoms with van der Waals surface area (Å²) in [5.41, 5.74) is 0.590. The molecule has 0 saturated heterocycles. The fourth-order valence-electron chi connectivity index (χ4n) is 1.66. The van der Waals surface area contributed by atoms with Gasteiger partial charge in [0.05, 0.1) is 11.5 Å². The van der Waals surface area contributed by atoms with Gasteiger partial charge in [-0.3, -0.25) is 9.59 Å². The number of carbonyl (C=O) groups is 2. The summed E-state index contributed by atoms with van der Waals surface area (Å²) in [5.74, 6) is 0.813. The highest BCUT2D eigenvalue weighted by atomic mass is 32.1. The van der Waals surface area contributed by atoms with Crippen LogP contribution in [0.3, 0.4) is 0 Å². The number of hydrogen-bond acceptors (Lipinski definition) is 4. The van der Waals surface area contributed by atoms with Gasteiger partial charge in [0.15, 0.2) is 5.78 Å². The fourth-order valence-corrected chi connectivity index (χ4v) is 2.36. The molecule has 2 aromatic rings. The predicted octanol–water partition coefficient (Wildman–Crippen LogP) is 3.60. The minimum Gasteiger partial charge on any atom is -0.494 e. The molecule has 0 atom stereocenters. The van der Waals surface area contributed by atoms with Crippen LogP contribution in [0, 0.1) is 0 Å². The molecule has 19 heavy (non-hydrogen) atoms. The van der Waals surface area contributed by atoms with Crippen molar-refractivity contribution in [3.63, 3.8) is 0 Å². The van der Waals surface area contributed by atoms with Crippen LogP contribution in [-0.2, 0) is 0 Å². The maximum atomic E-state index is 11.7. The molecule has 1 aromatic carbocycles. The summed E-state index contributed by atoms with van der Waals surface area (Å²) in [5, 5.41) is 1.90. The number of ether oxygens (including phenoxy) is 1. The van der Waals surface area contributed by atoms with Crippen molar-refractivity contribution >= 4 is 23.4 Å². The topological polar surface area (TPSA) is 43.4 Å². The van der Waals surface area contributed by atoms with E-state index in [2.05, 4.69) is 0 Å². The molecule has 0 fully saturated rings. The van der Waals surface area contributed by atoms with Crippen molar-refractivity contribution < 1.29 is 14.3 Å². The highest BCUT2D eigenvalue weighted by Gasteiger charge is 2.06. The van der Waals surface area contributed by atoms with E-state index in [1.54, 1.807) is 24.3 Å². The summed E-state index contributed by atoms with van der Waals surface area (Å²) in [4.78, 5) is 23.1. The Morgan fingerprint density at radius 2 is 2.16 bits per heavy atom. The van der Waals surface area contributed by atoms with Crippen LogP contribution in [0.1, 0.15) is 32.9 Å². The van der Waals surface area contributed by atoms with Crippen LogP contribution in [0.5, 0.6) is 5.75 Å². The number of benzene rings is 1. The van der Waals surface area contributed by atoms with E-state index >= 15 is 0 Å². The fraction of sp³-hybridized carbons (Fsp3) is 0.200. The van der Waals surface area contributed by atoms with Gasteiger partial charge in [-0.15, -0.1) is 11.3 Å². The number of ketones is 1. The zero-order valence-corrected chi connectivity index (χ0v) is 11.2. The molecule has 0 amide bonds.